The van der Waals surface area contributed by atoms with Crippen molar-refractivity contribution in [1.29, 1.82) is 0 Å². The lowest BCUT2D eigenvalue weighted by atomic mass is 9.75. The third-order valence-electron chi connectivity index (χ3n) is 7.04. The summed E-state index contributed by atoms with van der Waals surface area (Å²) in [4.78, 5) is 30.1. The highest BCUT2D eigenvalue weighted by molar-refractivity contribution is 5.77. The number of rotatable bonds is 4. The quantitative estimate of drug-likeness (QED) is 0.797. The molecule has 0 aliphatic carbocycles. The predicted octanol–water partition coefficient (Wildman–Crippen LogP) is 1.95. The van der Waals surface area contributed by atoms with Gasteiger partial charge in [-0.05, 0) is 55.6 Å². The maximum atomic E-state index is 13.3. The molecule has 0 spiro atoms. The summed E-state index contributed by atoms with van der Waals surface area (Å²) in [6.45, 7) is 3.05. The van der Waals surface area contributed by atoms with Gasteiger partial charge >= 0.3 is 0 Å². The van der Waals surface area contributed by atoms with Gasteiger partial charge in [0, 0.05) is 30.8 Å². The summed E-state index contributed by atoms with van der Waals surface area (Å²) in [5.41, 5.74) is 1.11. The van der Waals surface area contributed by atoms with E-state index in [2.05, 4.69) is 21.9 Å². The molecule has 29 heavy (non-hydrogen) atoms. The molecule has 4 aliphatic heterocycles. The molecule has 6 nitrogen and oxygen atoms in total. The minimum absolute atomic E-state index is 0.0486. The van der Waals surface area contributed by atoms with Gasteiger partial charge in [0.2, 0.25) is 5.91 Å². The smallest absolute Gasteiger partial charge is 0.250 e. The number of carbonyl (C=O) groups is 1. The summed E-state index contributed by atoms with van der Waals surface area (Å²) in [6.07, 6.45) is 4.01. The van der Waals surface area contributed by atoms with E-state index in [1.54, 1.807) is 25.4 Å². The Hall–Kier alpha value is -2.60. The number of likely N-dealkylation sites (tertiary alicyclic amines) is 1. The second-order valence-electron chi connectivity index (χ2n) is 8.45. The number of piperidine rings is 3. The molecule has 3 atom stereocenters. The van der Waals surface area contributed by atoms with E-state index in [1.165, 1.54) is 16.2 Å². The highest BCUT2D eigenvalue weighted by atomic mass is 16.5. The van der Waals surface area contributed by atoms with Gasteiger partial charge < -0.3 is 14.2 Å². The van der Waals surface area contributed by atoms with E-state index in [-0.39, 0.29) is 30.0 Å². The Morgan fingerprint density at radius 1 is 1.10 bits per heavy atom. The van der Waals surface area contributed by atoms with E-state index in [4.69, 9.17) is 4.74 Å². The molecule has 1 aromatic carbocycles. The number of nitrogens with zero attached hydrogens (tertiary/aromatic N) is 3. The number of amides is 1. The Labute approximate surface area is 170 Å². The molecule has 4 aliphatic rings. The summed E-state index contributed by atoms with van der Waals surface area (Å²) < 4.78 is 6.96. The number of carbonyl (C=O) groups excluding carboxylic acids is 1. The van der Waals surface area contributed by atoms with Crippen LogP contribution in [0.1, 0.15) is 24.3 Å². The first-order valence-corrected chi connectivity index (χ1v) is 10.5. The van der Waals surface area contributed by atoms with Crippen LogP contribution in [-0.2, 0) is 11.3 Å². The van der Waals surface area contributed by atoms with Crippen LogP contribution in [0, 0.1) is 5.92 Å². The molecular weight excluding hydrogens is 366 g/mol. The van der Waals surface area contributed by atoms with Crippen molar-refractivity contribution in [2.24, 2.45) is 5.92 Å². The lowest BCUT2D eigenvalue weighted by molar-refractivity contribution is -0.136. The number of methoxy groups -OCH3 is 1. The average molecular weight is 393 g/mol. The molecule has 2 bridgehead atoms. The fourth-order valence-corrected chi connectivity index (χ4v) is 5.70. The number of fused-ring (bicyclic) bond motifs is 2. The van der Waals surface area contributed by atoms with Crippen LogP contribution in [-0.4, -0.2) is 59.1 Å². The van der Waals surface area contributed by atoms with Crippen LogP contribution in [0.4, 0.5) is 0 Å². The van der Waals surface area contributed by atoms with Gasteiger partial charge in [-0.3, -0.25) is 14.5 Å². The highest BCUT2D eigenvalue weighted by Crippen LogP contribution is 2.46. The van der Waals surface area contributed by atoms with Crippen LogP contribution in [0.5, 0.6) is 5.75 Å². The van der Waals surface area contributed by atoms with Crippen molar-refractivity contribution in [2.45, 2.75) is 37.4 Å². The topological polar surface area (TPSA) is 54.8 Å². The van der Waals surface area contributed by atoms with Crippen LogP contribution < -0.4 is 10.3 Å². The summed E-state index contributed by atoms with van der Waals surface area (Å²) in [5, 5.41) is 0. The minimum atomic E-state index is -0.130. The number of ether oxygens (including phenoxy) is 1. The molecular formula is C23H27N3O3. The monoisotopic (exact) mass is 393 g/mol. The van der Waals surface area contributed by atoms with Gasteiger partial charge in [0.25, 0.3) is 5.56 Å². The number of hydrogen-bond acceptors (Lipinski definition) is 4. The van der Waals surface area contributed by atoms with Crippen LogP contribution in [0.25, 0.3) is 0 Å². The molecule has 0 unspecified atom stereocenters. The van der Waals surface area contributed by atoms with E-state index in [0.717, 1.165) is 31.7 Å². The van der Waals surface area contributed by atoms with Crippen molar-refractivity contribution >= 4 is 5.91 Å². The lowest BCUT2D eigenvalue weighted by Gasteiger charge is -2.51. The van der Waals surface area contributed by atoms with Crippen molar-refractivity contribution in [3.63, 3.8) is 0 Å². The SMILES string of the molecule is COc1cccc([C@H]2CN(C(=O)Cn3ccccc3=O)[C@@H]3C4CCN(CC4)[C@H]23)c1. The Kier molecular flexibility index (Phi) is 4.66. The summed E-state index contributed by atoms with van der Waals surface area (Å²) >= 11 is 0. The van der Waals surface area contributed by atoms with Crippen LogP contribution in [0.3, 0.4) is 0 Å². The molecule has 6 heteroatoms. The van der Waals surface area contributed by atoms with Crippen LogP contribution >= 0.6 is 0 Å². The predicted molar refractivity (Wildman–Crippen MR) is 110 cm³/mol. The number of pyridine rings is 1. The zero-order valence-electron chi connectivity index (χ0n) is 16.7. The fraction of sp³-hybridized carbons (Fsp3) is 0.478. The van der Waals surface area contributed by atoms with Crippen molar-refractivity contribution in [2.75, 3.05) is 26.7 Å². The van der Waals surface area contributed by atoms with Gasteiger partial charge in [0.05, 0.1) is 13.2 Å². The fourth-order valence-electron chi connectivity index (χ4n) is 5.70. The summed E-state index contributed by atoms with van der Waals surface area (Å²) in [7, 11) is 1.69. The standard InChI is InChI=1S/C23H27N3O3/c1-29-18-6-4-5-17(13-18)19-14-26(21(28)15-25-10-3-2-7-20(25)27)22-16-8-11-24(12-9-16)23(19)22/h2-7,10,13,16,19,22-23H,8-9,11-12,14-15H2,1H3/t19-,22-,23-/m1/s1. The Bertz CT molecular complexity index is 964. The van der Waals surface area contributed by atoms with Gasteiger partial charge in [0.15, 0.2) is 0 Å². The average Bonchev–Trinajstić information content (AvgIpc) is 3.19. The van der Waals surface area contributed by atoms with Gasteiger partial charge in [-0.25, -0.2) is 0 Å². The van der Waals surface area contributed by atoms with Gasteiger partial charge in [-0.1, -0.05) is 18.2 Å². The first-order valence-electron chi connectivity index (χ1n) is 10.5. The lowest BCUT2D eigenvalue weighted by Crippen LogP contribution is -2.61. The first kappa shape index (κ1) is 18.4. The third-order valence-corrected chi connectivity index (χ3v) is 7.04. The highest BCUT2D eigenvalue weighted by Gasteiger charge is 2.54. The van der Waals surface area contributed by atoms with Crippen molar-refractivity contribution in [3.8, 4) is 5.75 Å². The van der Waals surface area contributed by atoms with Crippen molar-refractivity contribution in [1.82, 2.24) is 14.4 Å². The molecule has 152 valence electrons. The Morgan fingerprint density at radius 3 is 2.69 bits per heavy atom. The second-order valence-corrected chi connectivity index (χ2v) is 8.45. The first-order chi connectivity index (χ1) is 14.2. The van der Waals surface area contributed by atoms with E-state index in [1.807, 2.05) is 12.1 Å². The van der Waals surface area contributed by atoms with E-state index >= 15 is 0 Å². The van der Waals surface area contributed by atoms with Crippen molar-refractivity contribution in [3.05, 3.63) is 64.6 Å². The molecule has 0 N–H and O–H groups in total. The zero-order valence-corrected chi connectivity index (χ0v) is 16.7. The number of aromatic nitrogens is 1. The van der Waals surface area contributed by atoms with Gasteiger partial charge in [0.1, 0.15) is 12.3 Å². The second kappa shape index (κ2) is 7.34. The Morgan fingerprint density at radius 2 is 1.93 bits per heavy atom. The Balaban J connectivity index is 1.47. The summed E-state index contributed by atoms with van der Waals surface area (Å²) in [5.74, 6) is 1.73. The molecule has 2 aromatic rings. The molecule has 0 saturated carbocycles. The third kappa shape index (κ3) is 3.15. The molecule has 1 aromatic heterocycles. The minimum Gasteiger partial charge on any atom is -0.497 e. The van der Waals surface area contributed by atoms with Gasteiger partial charge in [-0.15, -0.1) is 0 Å². The zero-order chi connectivity index (χ0) is 20.0. The summed E-state index contributed by atoms with van der Waals surface area (Å²) in [6, 6.07) is 13.9. The van der Waals surface area contributed by atoms with E-state index in [0.29, 0.717) is 18.5 Å². The van der Waals surface area contributed by atoms with E-state index < -0.39 is 0 Å². The maximum Gasteiger partial charge on any atom is 0.250 e. The number of hydrogen-bond donors (Lipinski definition) is 0. The molecule has 6 rings (SSSR count). The molecule has 4 fully saturated rings. The normalized spacial score (nSPS) is 30.2. The molecule has 1 amide bonds. The molecule has 5 heterocycles. The van der Waals surface area contributed by atoms with Gasteiger partial charge in [-0.2, -0.15) is 0 Å². The van der Waals surface area contributed by atoms with E-state index in [9.17, 15) is 9.59 Å². The maximum absolute atomic E-state index is 13.3. The van der Waals surface area contributed by atoms with Crippen LogP contribution in [0.15, 0.2) is 53.5 Å². The molecule has 0 radical (unpaired) electrons. The molecule has 4 saturated heterocycles. The largest absolute Gasteiger partial charge is 0.497 e. The number of benzene rings is 1. The van der Waals surface area contributed by atoms with Crippen molar-refractivity contribution < 1.29 is 9.53 Å². The van der Waals surface area contributed by atoms with Crippen LogP contribution in [0.2, 0.25) is 0 Å².